The molecule has 3 heteroatoms. The van der Waals surface area contributed by atoms with Crippen molar-refractivity contribution in [1.29, 1.82) is 0 Å². The van der Waals surface area contributed by atoms with E-state index < -0.39 is 0 Å². The van der Waals surface area contributed by atoms with E-state index >= 15 is 0 Å². The maximum absolute atomic E-state index is 6.50. The van der Waals surface area contributed by atoms with Crippen molar-refractivity contribution in [2.45, 2.75) is 53.1 Å². The molecule has 1 aliphatic rings. The smallest absolute Gasteiger partial charge is 0.0642 e. The van der Waals surface area contributed by atoms with Crippen molar-refractivity contribution < 1.29 is 0 Å². The molecule has 0 aliphatic carbocycles. The Bertz CT molecular complexity index is 454. The number of benzene rings is 1. The van der Waals surface area contributed by atoms with Crippen molar-refractivity contribution in [2.75, 3.05) is 18.0 Å². The topological polar surface area (TPSA) is 15.3 Å². The van der Waals surface area contributed by atoms with Crippen LogP contribution in [0.4, 0.5) is 5.69 Å². The van der Waals surface area contributed by atoms with Gasteiger partial charge in [-0.15, -0.1) is 0 Å². The number of anilines is 1. The minimum Gasteiger partial charge on any atom is -0.370 e. The van der Waals surface area contributed by atoms with E-state index in [0.717, 1.165) is 24.7 Å². The number of nitrogens with one attached hydrogen (secondary N) is 1. The summed E-state index contributed by atoms with van der Waals surface area (Å²) in [5.74, 6) is 0. The third-order valence-electron chi connectivity index (χ3n) is 3.97. The molecule has 112 valence electrons. The third kappa shape index (κ3) is 4.13. The predicted molar refractivity (Wildman–Crippen MR) is 88.7 cm³/mol. The molecule has 0 aromatic heterocycles. The zero-order valence-electron chi connectivity index (χ0n) is 13.2. The van der Waals surface area contributed by atoms with Crippen LogP contribution in [0, 0.1) is 5.41 Å². The van der Waals surface area contributed by atoms with Crippen LogP contribution in [0.2, 0.25) is 5.02 Å². The van der Waals surface area contributed by atoms with Gasteiger partial charge in [-0.25, -0.2) is 0 Å². The Morgan fingerprint density at radius 1 is 1.35 bits per heavy atom. The molecule has 1 aromatic carbocycles. The fraction of sp³-hybridized carbons (Fsp3) is 0.647. The second-order valence-electron chi connectivity index (χ2n) is 7.01. The van der Waals surface area contributed by atoms with Gasteiger partial charge in [-0.05, 0) is 36.0 Å². The molecule has 1 N–H and O–H groups in total. The molecule has 1 fully saturated rings. The lowest BCUT2D eigenvalue weighted by Crippen LogP contribution is -2.40. The summed E-state index contributed by atoms with van der Waals surface area (Å²) < 4.78 is 0. The number of hydrogen-bond acceptors (Lipinski definition) is 2. The molecule has 1 saturated heterocycles. The largest absolute Gasteiger partial charge is 0.370 e. The highest BCUT2D eigenvalue weighted by Gasteiger charge is 2.27. The van der Waals surface area contributed by atoms with Crippen molar-refractivity contribution in [3.63, 3.8) is 0 Å². The molecule has 2 rings (SSSR count). The van der Waals surface area contributed by atoms with Crippen LogP contribution in [-0.2, 0) is 6.54 Å². The quantitative estimate of drug-likeness (QED) is 0.882. The van der Waals surface area contributed by atoms with Crippen LogP contribution in [-0.4, -0.2) is 19.1 Å². The van der Waals surface area contributed by atoms with Gasteiger partial charge < -0.3 is 10.2 Å². The summed E-state index contributed by atoms with van der Waals surface area (Å²) >= 11 is 6.50. The lowest BCUT2D eigenvalue weighted by Gasteiger charge is -2.39. The SMILES string of the molecule is CC(C)NCc1ccc(N2CCCC(C)(C)C2)c(Cl)c1. The van der Waals surface area contributed by atoms with Crippen molar-refractivity contribution >= 4 is 17.3 Å². The maximum Gasteiger partial charge on any atom is 0.0642 e. The summed E-state index contributed by atoms with van der Waals surface area (Å²) in [6, 6.07) is 6.98. The molecule has 20 heavy (non-hydrogen) atoms. The van der Waals surface area contributed by atoms with E-state index in [1.54, 1.807) is 0 Å². The zero-order chi connectivity index (χ0) is 14.8. The molecule has 0 unspecified atom stereocenters. The van der Waals surface area contributed by atoms with Gasteiger partial charge in [0, 0.05) is 25.7 Å². The van der Waals surface area contributed by atoms with Gasteiger partial charge >= 0.3 is 0 Å². The first-order valence-corrected chi connectivity index (χ1v) is 8.02. The summed E-state index contributed by atoms with van der Waals surface area (Å²) in [6.45, 7) is 12.1. The molecule has 1 heterocycles. The third-order valence-corrected chi connectivity index (χ3v) is 4.27. The highest BCUT2D eigenvalue weighted by atomic mass is 35.5. The monoisotopic (exact) mass is 294 g/mol. The van der Waals surface area contributed by atoms with E-state index in [0.29, 0.717) is 11.5 Å². The van der Waals surface area contributed by atoms with E-state index in [9.17, 15) is 0 Å². The van der Waals surface area contributed by atoms with Crippen molar-refractivity contribution in [3.05, 3.63) is 28.8 Å². The Morgan fingerprint density at radius 2 is 2.10 bits per heavy atom. The Hall–Kier alpha value is -0.730. The molecular weight excluding hydrogens is 268 g/mol. The minimum atomic E-state index is 0.388. The molecule has 0 bridgehead atoms. The molecular formula is C17H27ClN2. The van der Waals surface area contributed by atoms with E-state index in [1.807, 2.05) is 0 Å². The normalized spacial score (nSPS) is 18.6. The van der Waals surface area contributed by atoms with Crippen LogP contribution in [0.5, 0.6) is 0 Å². The molecule has 1 aromatic rings. The van der Waals surface area contributed by atoms with Gasteiger partial charge in [-0.3, -0.25) is 0 Å². The Morgan fingerprint density at radius 3 is 2.70 bits per heavy atom. The first kappa shape index (κ1) is 15.7. The van der Waals surface area contributed by atoms with Gasteiger partial charge in [0.05, 0.1) is 10.7 Å². The van der Waals surface area contributed by atoms with Gasteiger partial charge in [0.2, 0.25) is 0 Å². The van der Waals surface area contributed by atoms with Gasteiger partial charge in [-0.2, -0.15) is 0 Å². The number of hydrogen-bond donors (Lipinski definition) is 1. The fourth-order valence-electron chi connectivity index (χ4n) is 2.87. The van der Waals surface area contributed by atoms with Crippen LogP contribution in [0.3, 0.4) is 0 Å². The van der Waals surface area contributed by atoms with Gasteiger partial charge in [-0.1, -0.05) is 45.4 Å². The van der Waals surface area contributed by atoms with Crippen LogP contribution in [0.25, 0.3) is 0 Å². The van der Waals surface area contributed by atoms with Crippen molar-refractivity contribution in [2.24, 2.45) is 5.41 Å². The lowest BCUT2D eigenvalue weighted by molar-refractivity contribution is 0.293. The number of halogens is 1. The summed E-state index contributed by atoms with van der Waals surface area (Å²) in [5.41, 5.74) is 2.83. The van der Waals surface area contributed by atoms with Crippen molar-refractivity contribution in [3.8, 4) is 0 Å². The van der Waals surface area contributed by atoms with Crippen molar-refractivity contribution in [1.82, 2.24) is 5.32 Å². The number of piperidine rings is 1. The van der Waals surface area contributed by atoms with Crippen LogP contribution < -0.4 is 10.2 Å². The first-order valence-electron chi connectivity index (χ1n) is 7.64. The van der Waals surface area contributed by atoms with E-state index in [1.165, 1.54) is 24.1 Å². The molecule has 0 amide bonds. The molecule has 1 aliphatic heterocycles. The Balaban J connectivity index is 2.09. The summed E-state index contributed by atoms with van der Waals surface area (Å²) in [4.78, 5) is 2.44. The van der Waals surface area contributed by atoms with Crippen LogP contribution in [0.1, 0.15) is 46.1 Å². The number of rotatable bonds is 4. The van der Waals surface area contributed by atoms with E-state index in [4.69, 9.17) is 11.6 Å². The summed E-state index contributed by atoms with van der Waals surface area (Å²) in [7, 11) is 0. The Labute approximate surface area is 128 Å². The predicted octanol–water partition coefficient (Wildman–Crippen LogP) is 4.46. The summed E-state index contributed by atoms with van der Waals surface area (Å²) in [5, 5.41) is 4.31. The maximum atomic E-state index is 6.50. The number of nitrogens with zero attached hydrogens (tertiary/aromatic N) is 1. The second kappa shape index (κ2) is 6.36. The molecule has 0 atom stereocenters. The fourth-order valence-corrected chi connectivity index (χ4v) is 3.19. The van der Waals surface area contributed by atoms with E-state index in [2.05, 4.69) is 56.1 Å². The molecule has 0 saturated carbocycles. The first-order chi connectivity index (χ1) is 9.37. The lowest BCUT2D eigenvalue weighted by atomic mass is 9.84. The molecule has 0 radical (unpaired) electrons. The zero-order valence-corrected chi connectivity index (χ0v) is 13.9. The molecule has 2 nitrogen and oxygen atoms in total. The van der Waals surface area contributed by atoms with Crippen LogP contribution in [0.15, 0.2) is 18.2 Å². The molecule has 0 spiro atoms. The average molecular weight is 295 g/mol. The highest BCUT2D eigenvalue weighted by molar-refractivity contribution is 6.33. The second-order valence-corrected chi connectivity index (χ2v) is 7.42. The summed E-state index contributed by atoms with van der Waals surface area (Å²) in [6.07, 6.45) is 2.55. The van der Waals surface area contributed by atoms with E-state index in [-0.39, 0.29) is 0 Å². The standard InChI is InChI=1S/C17H27ClN2/c1-13(2)19-11-14-6-7-16(15(18)10-14)20-9-5-8-17(3,4)12-20/h6-7,10,13,19H,5,8-9,11-12H2,1-4H3. The minimum absolute atomic E-state index is 0.388. The van der Waals surface area contributed by atoms with Gasteiger partial charge in [0.25, 0.3) is 0 Å². The van der Waals surface area contributed by atoms with Gasteiger partial charge in [0.1, 0.15) is 0 Å². The van der Waals surface area contributed by atoms with Gasteiger partial charge in [0.15, 0.2) is 0 Å². The van der Waals surface area contributed by atoms with Crippen LogP contribution >= 0.6 is 11.6 Å². The highest BCUT2D eigenvalue weighted by Crippen LogP contribution is 2.35. The Kier molecular flexibility index (Phi) is 4.98. The average Bonchev–Trinajstić information content (AvgIpc) is 2.35.